The predicted molar refractivity (Wildman–Crippen MR) is 120 cm³/mol. The first-order valence-electron chi connectivity index (χ1n) is 9.04. The SMILES string of the molecule is CCNC(=NCC(=O)N(C)CC(F)(F)F)N1CCN(c2ccccc2Cl)CC1.I. The summed E-state index contributed by atoms with van der Waals surface area (Å²) in [7, 11) is 1.13. The normalized spacial score (nSPS) is 15.0. The number of rotatable bonds is 5. The van der Waals surface area contributed by atoms with Gasteiger partial charge in [0.05, 0.1) is 10.7 Å². The zero-order valence-corrected chi connectivity index (χ0v) is 19.5. The lowest BCUT2D eigenvalue weighted by Gasteiger charge is -2.38. The van der Waals surface area contributed by atoms with Gasteiger partial charge in [-0.2, -0.15) is 13.2 Å². The van der Waals surface area contributed by atoms with Gasteiger partial charge < -0.3 is 20.0 Å². The average Bonchev–Trinajstić information content (AvgIpc) is 2.64. The van der Waals surface area contributed by atoms with Crippen LogP contribution in [0.25, 0.3) is 0 Å². The van der Waals surface area contributed by atoms with Gasteiger partial charge in [-0.3, -0.25) is 4.79 Å². The maximum atomic E-state index is 12.4. The first kappa shape index (κ1) is 25.6. The number of para-hydroxylation sites is 1. The highest BCUT2D eigenvalue weighted by molar-refractivity contribution is 14.0. The fraction of sp³-hybridized carbons (Fsp3) is 0.556. The number of piperazine rings is 1. The van der Waals surface area contributed by atoms with Crippen LogP contribution in [-0.2, 0) is 4.79 Å². The fourth-order valence-electron chi connectivity index (χ4n) is 2.91. The standard InChI is InChI=1S/C18H25ClF3N5O.HI/c1-3-23-17(24-12-16(28)25(2)13-18(20,21)22)27-10-8-26(9-11-27)15-7-5-4-6-14(15)19;/h4-7H,3,8-13H2,1-2H3,(H,23,24);1H. The molecule has 0 saturated carbocycles. The summed E-state index contributed by atoms with van der Waals surface area (Å²) < 4.78 is 37.3. The number of nitrogens with one attached hydrogen (secondary N) is 1. The minimum Gasteiger partial charge on any atom is -0.367 e. The third-order valence-corrected chi connectivity index (χ3v) is 4.63. The molecule has 1 aromatic carbocycles. The third kappa shape index (κ3) is 8.07. The highest BCUT2D eigenvalue weighted by atomic mass is 127. The van der Waals surface area contributed by atoms with Gasteiger partial charge >= 0.3 is 6.18 Å². The van der Waals surface area contributed by atoms with Crippen molar-refractivity contribution < 1.29 is 18.0 Å². The van der Waals surface area contributed by atoms with Crippen molar-refractivity contribution >= 4 is 53.1 Å². The predicted octanol–water partition coefficient (Wildman–Crippen LogP) is 3.07. The van der Waals surface area contributed by atoms with E-state index in [0.717, 1.165) is 25.8 Å². The Balaban J connectivity index is 0.00000420. The van der Waals surface area contributed by atoms with Crippen molar-refractivity contribution in [1.29, 1.82) is 0 Å². The molecule has 1 aromatic rings. The van der Waals surface area contributed by atoms with Crippen LogP contribution in [0.1, 0.15) is 6.92 Å². The van der Waals surface area contributed by atoms with E-state index in [0.29, 0.717) is 35.5 Å². The van der Waals surface area contributed by atoms with Gasteiger partial charge in [0.25, 0.3) is 0 Å². The molecule has 0 radical (unpaired) electrons. The summed E-state index contributed by atoms with van der Waals surface area (Å²) in [5, 5.41) is 3.79. The van der Waals surface area contributed by atoms with Gasteiger partial charge in [0.2, 0.25) is 5.91 Å². The average molecular weight is 548 g/mol. The number of carbonyl (C=O) groups excluding carboxylic acids is 1. The van der Waals surface area contributed by atoms with Crippen LogP contribution in [0.4, 0.5) is 18.9 Å². The highest BCUT2D eigenvalue weighted by Crippen LogP contribution is 2.26. The molecule has 1 aliphatic rings. The Bertz CT molecular complexity index is 696. The van der Waals surface area contributed by atoms with E-state index in [2.05, 4.69) is 15.2 Å². The minimum atomic E-state index is -4.42. The number of carbonyl (C=O) groups is 1. The van der Waals surface area contributed by atoms with E-state index in [9.17, 15) is 18.0 Å². The zero-order chi connectivity index (χ0) is 20.7. The maximum Gasteiger partial charge on any atom is 0.406 e. The smallest absolute Gasteiger partial charge is 0.367 e. The second-order valence-electron chi connectivity index (χ2n) is 6.46. The van der Waals surface area contributed by atoms with Gasteiger partial charge in [-0.1, -0.05) is 23.7 Å². The van der Waals surface area contributed by atoms with Gasteiger partial charge in [-0.25, -0.2) is 4.99 Å². The van der Waals surface area contributed by atoms with Crippen molar-refractivity contribution in [2.75, 3.05) is 57.8 Å². The summed E-state index contributed by atoms with van der Waals surface area (Å²) in [6.07, 6.45) is -4.42. The van der Waals surface area contributed by atoms with Crippen LogP contribution in [0.15, 0.2) is 29.3 Å². The number of guanidine groups is 1. The summed E-state index contributed by atoms with van der Waals surface area (Å²) >= 11 is 6.25. The van der Waals surface area contributed by atoms with Crippen molar-refractivity contribution in [2.45, 2.75) is 13.1 Å². The van der Waals surface area contributed by atoms with E-state index < -0.39 is 18.6 Å². The Morgan fingerprint density at radius 1 is 1.24 bits per heavy atom. The number of amides is 1. The Hall–Kier alpha value is -1.43. The molecular weight excluding hydrogens is 522 g/mol. The second kappa shape index (κ2) is 11.7. The molecule has 11 heteroatoms. The number of alkyl halides is 3. The van der Waals surface area contributed by atoms with Crippen molar-refractivity contribution in [2.24, 2.45) is 4.99 Å². The molecule has 0 unspecified atom stereocenters. The number of nitrogens with zero attached hydrogens (tertiary/aromatic N) is 4. The van der Waals surface area contributed by atoms with Crippen LogP contribution >= 0.6 is 35.6 Å². The number of anilines is 1. The summed E-state index contributed by atoms with van der Waals surface area (Å²) in [6.45, 7) is 3.62. The van der Waals surface area contributed by atoms with E-state index in [-0.39, 0.29) is 30.5 Å². The fourth-order valence-corrected chi connectivity index (χ4v) is 3.17. The lowest BCUT2D eigenvalue weighted by Crippen LogP contribution is -2.53. The molecule has 1 heterocycles. The molecule has 1 amide bonds. The monoisotopic (exact) mass is 547 g/mol. The largest absolute Gasteiger partial charge is 0.406 e. The Kier molecular flexibility index (Phi) is 10.3. The van der Waals surface area contributed by atoms with Crippen LogP contribution in [-0.4, -0.2) is 80.7 Å². The Morgan fingerprint density at radius 2 is 1.86 bits per heavy atom. The number of likely N-dealkylation sites (N-methyl/N-ethyl adjacent to an activating group) is 1. The molecule has 1 N–H and O–H groups in total. The van der Waals surface area contributed by atoms with Gasteiger partial charge in [-0.05, 0) is 19.1 Å². The van der Waals surface area contributed by atoms with E-state index in [4.69, 9.17) is 11.6 Å². The summed E-state index contributed by atoms with van der Waals surface area (Å²) in [4.78, 5) is 21.0. The van der Waals surface area contributed by atoms with Crippen molar-refractivity contribution in [3.63, 3.8) is 0 Å². The molecule has 0 atom stereocenters. The van der Waals surface area contributed by atoms with E-state index in [1.807, 2.05) is 36.1 Å². The summed E-state index contributed by atoms with van der Waals surface area (Å²) in [6, 6.07) is 7.62. The first-order valence-corrected chi connectivity index (χ1v) is 9.42. The zero-order valence-electron chi connectivity index (χ0n) is 16.4. The molecule has 0 aromatic heterocycles. The number of hydrogen-bond acceptors (Lipinski definition) is 3. The Morgan fingerprint density at radius 3 is 2.41 bits per heavy atom. The van der Waals surface area contributed by atoms with Gasteiger partial charge in [0.15, 0.2) is 5.96 Å². The Labute approximate surface area is 191 Å². The van der Waals surface area contributed by atoms with E-state index in [1.165, 1.54) is 0 Å². The lowest BCUT2D eigenvalue weighted by atomic mass is 10.2. The van der Waals surface area contributed by atoms with Crippen molar-refractivity contribution in [1.82, 2.24) is 15.1 Å². The molecule has 29 heavy (non-hydrogen) atoms. The molecule has 1 aliphatic heterocycles. The number of hydrogen-bond donors (Lipinski definition) is 1. The third-order valence-electron chi connectivity index (χ3n) is 4.31. The molecule has 2 rings (SSSR count). The highest BCUT2D eigenvalue weighted by Gasteiger charge is 2.31. The van der Waals surface area contributed by atoms with Gasteiger partial charge in [0.1, 0.15) is 13.1 Å². The topological polar surface area (TPSA) is 51.2 Å². The summed E-state index contributed by atoms with van der Waals surface area (Å²) in [5.74, 6) is -0.155. The molecule has 164 valence electrons. The number of halogens is 5. The molecule has 0 spiro atoms. The van der Waals surface area contributed by atoms with Crippen LogP contribution in [0.3, 0.4) is 0 Å². The second-order valence-corrected chi connectivity index (χ2v) is 6.87. The molecular formula is C18H26ClF3IN5O. The van der Waals surface area contributed by atoms with Crippen LogP contribution in [0, 0.1) is 0 Å². The maximum absolute atomic E-state index is 12.4. The van der Waals surface area contributed by atoms with Crippen LogP contribution in [0.2, 0.25) is 5.02 Å². The van der Waals surface area contributed by atoms with Crippen molar-refractivity contribution in [3.05, 3.63) is 29.3 Å². The molecule has 1 saturated heterocycles. The van der Waals surface area contributed by atoms with Crippen LogP contribution < -0.4 is 10.2 Å². The van der Waals surface area contributed by atoms with Crippen molar-refractivity contribution in [3.8, 4) is 0 Å². The van der Waals surface area contributed by atoms with E-state index >= 15 is 0 Å². The molecule has 6 nitrogen and oxygen atoms in total. The molecule has 0 aliphatic carbocycles. The molecule has 0 bridgehead atoms. The van der Waals surface area contributed by atoms with Crippen LogP contribution in [0.5, 0.6) is 0 Å². The number of aliphatic imine (C=N–C) groups is 1. The van der Waals surface area contributed by atoms with Gasteiger partial charge in [-0.15, -0.1) is 24.0 Å². The lowest BCUT2D eigenvalue weighted by molar-refractivity contribution is -0.157. The number of benzene rings is 1. The van der Waals surface area contributed by atoms with E-state index in [1.54, 1.807) is 0 Å². The summed E-state index contributed by atoms with van der Waals surface area (Å²) in [5.41, 5.74) is 0.967. The van der Waals surface area contributed by atoms with Gasteiger partial charge in [0, 0.05) is 39.8 Å². The first-order chi connectivity index (χ1) is 13.2. The molecule has 1 fully saturated rings. The minimum absolute atomic E-state index is 0. The quantitative estimate of drug-likeness (QED) is 0.350.